The molecule has 1 amide bonds. The second kappa shape index (κ2) is 18.2. The summed E-state index contributed by atoms with van der Waals surface area (Å²) in [6, 6.07) is 9.97. The largest absolute Gasteiger partial charge is 0.496 e. The van der Waals surface area contributed by atoms with Gasteiger partial charge in [0.15, 0.2) is 6.10 Å². The molecule has 6 heterocycles. The van der Waals surface area contributed by atoms with E-state index in [1.807, 2.05) is 50.3 Å². The molecule has 3 fully saturated rings. The van der Waals surface area contributed by atoms with Gasteiger partial charge in [0.05, 0.1) is 38.7 Å². The molecule has 20 nitrogen and oxygen atoms in total. The fourth-order valence-electron chi connectivity index (χ4n) is 13.4. The van der Waals surface area contributed by atoms with E-state index in [1.165, 1.54) is 33.2 Å². The van der Waals surface area contributed by atoms with E-state index in [2.05, 4.69) is 20.9 Å². The number of nitrogens with zero attached hydrogens (tertiary/aromatic N) is 3. The van der Waals surface area contributed by atoms with E-state index in [0.717, 1.165) is 16.5 Å². The van der Waals surface area contributed by atoms with Gasteiger partial charge in [0, 0.05) is 78.2 Å². The normalized spacial score (nSPS) is 33.5. The minimum Gasteiger partial charge on any atom is -0.496 e. The third-order valence-electron chi connectivity index (χ3n) is 15.5. The van der Waals surface area contributed by atoms with Crippen molar-refractivity contribution in [2.75, 3.05) is 59.0 Å². The summed E-state index contributed by atoms with van der Waals surface area (Å²) in [5, 5.41) is 26.3. The van der Waals surface area contributed by atoms with Crippen molar-refractivity contribution in [2.24, 2.45) is 11.3 Å². The number of H-pyrrole nitrogens is 1. The highest BCUT2D eigenvalue weighted by Crippen LogP contribution is 2.68. The smallest absolute Gasteiger partial charge is 0.394 e. The molecular formula is C46H64N6O14S. The van der Waals surface area contributed by atoms with E-state index >= 15 is 4.79 Å². The number of amides is 1. The number of carbonyl (C=O) groups excluding carboxylic acids is 4. The number of piperidine rings is 1. The van der Waals surface area contributed by atoms with Crippen molar-refractivity contribution >= 4 is 51.3 Å². The van der Waals surface area contributed by atoms with Crippen molar-refractivity contribution < 1.29 is 65.9 Å². The van der Waals surface area contributed by atoms with E-state index in [1.54, 1.807) is 6.07 Å². The highest BCUT2D eigenvalue weighted by Gasteiger charge is 2.81. The first-order valence-corrected chi connectivity index (χ1v) is 23.4. The lowest BCUT2D eigenvalue weighted by atomic mass is 9.47. The summed E-state index contributed by atoms with van der Waals surface area (Å²) in [6.07, 6.45) is 5.83. The molecule has 1 aliphatic carbocycles. The van der Waals surface area contributed by atoms with Gasteiger partial charge in [0.25, 0.3) is 0 Å². The molecule has 67 heavy (non-hydrogen) atoms. The van der Waals surface area contributed by atoms with Crippen molar-refractivity contribution in [3.63, 3.8) is 0 Å². The zero-order valence-corrected chi connectivity index (χ0v) is 39.6. The zero-order valence-electron chi connectivity index (χ0n) is 38.8. The second-order valence-electron chi connectivity index (χ2n) is 18.6. The first-order chi connectivity index (χ1) is 30.8. The molecule has 2 aromatic carbocycles. The van der Waals surface area contributed by atoms with Crippen molar-refractivity contribution in [3.05, 3.63) is 70.9 Å². The van der Waals surface area contributed by atoms with Gasteiger partial charge in [0.2, 0.25) is 12.0 Å². The first kappa shape index (κ1) is 51.4. The van der Waals surface area contributed by atoms with Crippen molar-refractivity contribution in [1.82, 2.24) is 27.1 Å². The summed E-state index contributed by atoms with van der Waals surface area (Å²) >= 11 is 0. The fourth-order valence-corrected chi connectivity index (χ4v) is 13.4. The van der Waals surface area contributed by atoms with E-state index in [9.17, 15) is 24.6 Å². The Balaban J connectivity index is 0.00000101. The minimum atomic E-state index is -4.67. The van der Waals surface area contributed by atoms with Crippen LogP contribution in [0.25, 0.3) is 10.9 Å². The molecule has 2 bridgehead atoms. The third kappa shape index (κ3) is 7.62. The standard InChI is InChI=1S/C46H56N4O10.2H3N.H2O4S/c1-7-42(55)22-28-23-45(40(53)58-5,36-30(14-18-48(24-28)25-42)29-12-9-10-13-33(29)47-36)32-20-31-34(21-35(32)57-4)50(26-51)38-44(31)16-19-49-17-11-15-43(8-2,37(44)49)39(60-27(3)52)46(38,56)41(54)59-6;;;1-5(2,3)4/h9-13,15,20-21,26,28,37-39,47,55-56H,7-8,14,16-19,22-25H2,1-6H3;2*1H3;(H2,1,2,3,4)/t28-,37+,38-,39-,42+,43-,44-,45+,46+;;;/m1.../s1. The van der Waals surface area contributed by atoms with Gasteiger partial charge < -0.3 is 51.3 Å². The summed E-state index contributed by atoms with van der Waals surface area (Å²) in [4.78, 5) is 66.1. The van der Waals surface area contributed by atoms with E-state index in [-0.39, 0.29) is 24.6 Å². The van der Waals surface area contributed by atoms with Crippen LogP contribution in [0.1, 0.15) is 75.3 Å². The quantitative estimate of drug-likeness (QED) is 0.0560. The number of fused-ring (bicyclic) bond motifs is 6. The van der Waals surface area contributed by atoms with E-state index < -0.39 is 73.9 Å². The van der Waals surface area contributed by atoms with Gasteiger partial charge in [-0.15, -0.1) is 0 Å². The number of benzene rings is 2. The number of esters is 3. The molecule has 1 saturated carbocycles. The van der Waals surface area contributed by atoms with Crippen LogP contribution in [0.15, 0.2) is 48.6 Å². The molecule has 1 unspecified atom stereocenters. The molecule has 6 aliphatic rings. The van der Waals surface area contributed by atoms with Gasteiger partial charge in [-0.25, -0.2) is 4.79 Å². The maximum atomic E-state index is 15.3. The minimum absolute atomic E-state index is 0. The van der Waals surface area contributed by atoms with Crippen molar-refractivity contribution in [2.45, 2.75) is 99.5 Å². The Hall–Kier alpha value is -4.97. The average Bonchev–Trinajstić information content (AvgIpc) is 3.95. The molecule has 2 saturated heterocycles. The third-order valence-corrected chi connectivity index (χ3v) is 15.5. The summed E-state index contributed by atoms with van der Waals surface area (Å²) in [5.74, 6) is -2.06. The van der Waals surface area contributed by atoms with Crippen LogP contribution < -0.4 is 21.9 Å². The molecule has 368 valence electrons. The summed E-state index contributed by atoms with van der Waals surface area (Å²) in [5.41, 5.74) is -3.15. The van der Waals surface area contributed by atoms with Crippen LogP contribution in [0.3, 0.4) is 0 Å². The Morgan fingerprint density at radius 1 is 0.940 bits per heavy atom. The highest BCUT2D eigenvalue weighted by atomic mass is 32.3. The number of aromatic amines is 1. The lowest BCUT2D eigenvalue weighted by molar-refractivity contribution is -0.228. The van der Waals surface area contributed by atoms with Gasteiger partial charge >= 0.3 is 28.3 Å². The Bertz CT molecular complexity index is 2570. The highest BCUT2D eigenvalue weighted by molar-refractivity contribution is 7.79. The van der Waals surface area contributed by atoms with Gasteiger partial charge in [-0.2, -0.15) is 8.42 Å². The predicted molar refractivity (Wildman–Crippen MR) is 245 cm³/mol. The molecule has 1 aromatic heterocycles. The van der Waals surface area contributed by atoms with Crippen LogP contribution in [0.5, 0.6) is 5.75 Å². The zero-order chi connectivity index (χ0) is 47.1. The number of ether oxygens (including phenoxy) is 4. The van der Waals surface area contributed by atoms with Crippen LogP contribution in [-0.2, 0) is 61.0 Å². The second-order valence-corrected chi connectivity index (χ2v) is 19.4. The lowest BCUT2D eigenvalue weighted by Crippen LogP contribution is -2.81. The number of methoxy groups -OCH3 is 3. The Morgan fingerprint density at radius 3 is 2.24 bits per heavy atom. The molecule has 3 aromatic rings. The summed E-state index contributed by atoms with van der Waals surface area (Å²) in [6.45, 7) is 8.16. The number of carbonyl (C=O) groups is 4. The van der Waals surface area contributed by atoms with Crippen LogP contribution in [0, 0.1) is 11.3 Å². The number of aromatic nitrogens is 1. The maximum Gasteiger partial charge on any atom is 0.394 e. The number of aliphatic hydroxyl groups is 2. The Labute approximate surface area is 389 Å². The number of anilines is 1. The van der Waals surface area contributed by atoms with Gasteiger partial charge in [-0.05, 0) is 74.2 Å². The summed E-state index contributed by atoms with van der Waals surface area (Å²) < 4.78 is 55.3. The molecule has 0 radical (unpaired) electrons. The first-order valence-electron chi connectivity index (χ1n) is 22.0. The van der Waals surface area contributed by atoms with Crippen LogP contribution in [-0.4, -0.2) is 150 Å². The van der Waals surface area contributed by atoms with Gasteiger partial charge in [-0.1, -0.05) is 44.2 Å². The predicted octanol–water partition coefficient (Wildman–Crippen LogP) is 3.19. The molecule has 11 N–H and O–H groups in total. The van der Waals surface area contributed by atoms with Crippen LogP contribution in [0.4, 0.5) is 5.69 Å². The van der Waals surface area contributed by atoms with Crippen molar-refractivity contribution in [1.29, 1.82) is 0 Å². The Kier molecular flexibility index (Phi) is 13.9. The number of hydrogen-bond donors (Lipinski definition) is 7. The molecule has 21 heteroatoms. The monoisotopic (exact) mass is 956 g/mol. The molecule has 9 rings (SSSR count). The molecular weight excluding hydrogens is 893 g/mol. The van der Waals surface area contributed by atoms with Gasteiger partial charge in [0.1, 0.15) is 11.2 Å². The maximum absolute atomic E-state index is 15.3. The SMILES string of the molecule is CC[C@]1(O)C[C@H]2CN(CCc3c([nH]c4ccccc34)[C@@](C(=O)OC)(c3cc4c(cc3OC)N(C=O)[C@H]3[C@@](O)(C(=O)OC)[C@H](OC(C)=O)[C@]5(CC)C=CCN6CC[C@]43[C@@H]65)C2)C1.N.N.O=S(=O)(O)O. The molecule has 1 spiro atoms. The van der Waals surface area contributed by atoms with E-state index in [0.29, 0.717) is 99.5 Å². The number of rotatable bonds is 8. The number of nitrogens with one attached hydrogen (secondary N) is 1. The number of para-hydroxylation sites is 1. The molecule has 10 atom stereocenters. The fraction of sp³-hybridized carbons (Fsp3) is 0.565. The topological polar surface area (TPSA) is 316 Å². The lowest BCUT2D eigenvalue weighted by Gasteiger charge is -2.63. The Morgan fingerprint density at radius 2 is 1.63 bits per heavy atom. The van der Waals surface area contributed by atoms with E-state index in [4.69, 9.17) is 36.5 Å². The average molecular weight is 957 g/mol. The van der Waals surface area contributed by atoms with Crippen molar-refractivity contribution in [3.8, 4) is 5.75 Å². The van der Waals surface area contributed by atoms with Crippen LogP contribution >= 0.6 is 0 Å². The van der Waals surface area contributed by atoms with Crippen LogP contribution in [0.2, 0.25) is 0 Å². The molecule has 5 aliphatic heterocycles. The number of hydrogen-bond acceptors (Lipinski definition) is 16. The van der Waals surface area contributed by atoms with Gasteiger partial charge in [-0.3, -0.25) is 33.3 Å². The summed E-state index contributed by atoms with van der Waals surface area (Å²) in [7, 11) is -0.577.